The van der Waals surface area contributed by atoms with Crippen molar-refractivity contribution < 1.29 is 24.2 Å². The Morgan fingerprint density at radius 2 is 2.00 bits per heavy atom. The van der Waals surface area contributed by atoms with Crippen molar-refractivity contribution in [2.75, 3.05) is 13.7 Å². The molecule has 0 aromatic carbocycles. The Bertz CT molecular complexity index is 251. The quantitative estimate of drug-likeness (QED) is 0.603. The Labute approximate surface area is 87.6 Å². The van der Waals surface area contributed by atoms with Gasteiger partial charge in [-0.25, -0.2) is 4.79 Å². The zero-order chi connectivity index (χ0) is 11.8. The monoisotopic (exact) mass is 217 g/mol. The van der Waals surface area contributed by atoms with E-state index in [1.807, 2.05) is 0 Å². The number of carbonyl (C=O) groups is 3. The topological polar surface area (TPSA) is 92.7 Å². The molecule has 0 heterocycles. The molecule has 0 aliphatic rings. The summed E-state index contributed by atoms with van der Waals surface area (Å²) < 4.78 is 4.54. The first-order valence-electron chi connectivity index (χ1n) is 4.48. The summed E-state index contributed by atoms with van der Waals surface area (Å²) in [5.41, 5.74) is 0. The molecule has 15 heavy (non-hydrogen) atoms. The van der Waals surface area contributed by atoms with E-state index in [-0.39, 0.29) is 25.2 Å². The molecule has 86 valence electrons. The lowest BCUT2D eigenvalue weighted by molar-refractivity contribution is -0.142. The predicted octanol–water partition coefficient (Wildman–Crippen LogP) is -0.429. The number of carboxylic acids is 1. The summed E-state index contributed by atoms with van der Waals surface area (Å²) in [4.78, 5) is 32.4. The number of Topliss-reactive ketones (excluding diaryl/α,β-unsaturated/α-hetero) is 1. The van der Waals surface area contributed by atoms with Crippen LogP contribution in [0.4, 0.5) is 0 Å². The van der Waals surface area contributed by atoms with Gasteiger partial charge in [0, 0.05) is 13.5 Å². The Morgan fingerprint density at radius 1 is 1.40 bits per heavy atom. The van der Waals surface area contributed by atoms with Crippen molar-refractivity contribution >= 4 is 17.7 Å². The molecule has 0 aromatic rings. The third kappa shape index (κ3) is 6.62. The van der Waals surface area contributed by atoms with E-state index in [0.717, 1.165) is 0 Å². The van der Waals surface area contributed by atoms with Gasteiger partial charge in [-0.3, -0.25) is 4.79 Å². The molecule has 0 spiro atoms. The summed E-state index contributed by atoms with van der Waals surface area (Å²) in [5.74, 6) is -1.77. The van der Waals surface area contributed by atoms with Crippen molar-refractivity contribution in [3.8, 4) is 0 Å². The zero-order valence-corrected chi connectivity index (χ0v) is 8.78. The third-order valence-electron chi connectivity index (χ3n) is 1.69. The van der Waals surface area contributed by atoms with Crippen LogP contribution in [0.3, 0.4) is 0 Å². The highest BCUT2D eigenvalue weighted by Crippen LogP contribution is 1.98. The number of methoxy groups -OCH3 is 1. The Balaban J connectivity index is 4.10. The van der Waals surface area contributed by atoms with Crippen LogP contribution in [0.25, 0.3) is 0 Å². The number of hydrogen-bond acceptors (Lipinski definition) is 4. The average Bonchev–Trinajstić information content (AvgIpc) is 2.11. The predicted molar refractivity (Wildman–Crippen MR) is 51.4 cm³/mol. The van der Waals surface area contributed by atoms with Crippen molar-refractivity contribution in [3.63, 3.8) is 0 Å². The summed E-state index contributed by atoms with van der Waals surface area (Å²) >= 11 is 0. The van der Waals surface area contributed by atoms with Crippen molar-refractivity contribution in [2.45, 2.75) is 25.8 Å². The Kier molecular flexibility index (Phi) is 6.28. The molecule has 0 bridgehead atoms. The van der Waals surface area contributed by atoms with Crippen molar-refractivity contribution in [2.24, 2.45) is 0 Å². The number of hydrogen-bond donors (Lipinski definition) is 2. The Hall–Kier alpha value is -1.43. The smallest absolute Gasteiger partial charge is 0.326 e. The first-order valence-corrected chi connectivity index (χ1v) is 4.48. The highest BCUT2D eigenvalue weighted by molar-refractivity contribution is 5.84. The van der Waals surface area contributed by atoms with Crippen LogP contribution in [0.2, 0.25) is 0 Å². The summed E-state index contributed by atoms with van der Waals surface area (Å²) in [6.45, 7) is 1.18. The fourth-order valence-electron chi connectivity index (χ4n) is 0.972. The molecule has 2 N–H and O–H groups in total. The number of carbonyl (C=O) groups excluding carboxylic acids is 2. The molecule has 0 saturated heterocycles. The van der Waals surface area contributed by atoms with Gasteiger partial charge in [-0.2, -0.15) is 0 Å². The normalized spacial score (nSPS) is 11.9. The van der Waals surface area contributed by atoms with Gasteiger partial charge < -0.3 is 20.0 Å². The van der Waals surface area contributed by atoms with Crippen LogP contribution in [-0.2, 0) is 19.1 Å². The molecule has 1 amide bonds. The molecule has 6 heteroatoms. The van der Waals surface area contributed by atoms with Crippen LogP contribution in [-0.4, -0.2) is 42.5 Å². The summed E-state index contributed by atoms with van der Waals surface area (Å²) in [5, 5.41) is 11.0. The summed E-state index contributed by atoms with van der Waals surface area (Å²) in [7, 11) is 1.34. The van der Waals surface area contributed by atoms with Crippen LogP contribution < -0.4 is 5.32 Å². The van der Waals surface area contributed by atoms with Gasteiger partial charge in [0.15, 0.2) is 0 Å². The molecule has 6 nitrogen and oxygen atoms in total. The second kappa shape index (κ2) is 6.94. The average molecular weight is 217 g/mol. The minimum atomic E-state index is -1.15. The maximum atomic E-state index is 11.0. The van der Waals surface area contributed by atoms with Gasteiger partial charge in [0.2, 0.25) is 5.91 Å². The fourth-order valence-corrected chi connectivity index (χ4v) is 0.972. The van der Waals surface area contributed by atoms with Crippen LogP contribution in [0, 0.1) is 0 Å². The Morgan fingerprint density at radius 3 is 2.40 bits per heavy atom. The lowest BCUT2D eigenvalue weighted by atomic mass is 10.1. The molecule has 0 unspecified atom stereocenters. The molecule has 0 aromatic heterocycles. The van der Waals surface area contributed by atoms with E-state index in [1.54, 1.807) is 0 Å². The minimum absolute atomic E-state index is 0.0973. The van der Waals surface area contributed by atoms with E-state index in [0.29, 0.717) is 0 Å². The zero-order valence-electron chi connectivity index (χ0n) is 8.78. The van der Waals surface area contributed by atoms with Gasteiger partial charge in [0.25, 0.3) is 0 Å². The number of rotatable bonds is 7. The van der Waals surface area contributed by atoms with Crippen molar-refractivity contribution in [3.05, 3.63) is 0 Å². The number of carboxylic acid groups (broad SMARTS) is 1. The standard InChI is InChI=1S/C9H15NO5/c1-6(11)3-4-7(9(13)14)10-8(12)5-15-2/h7H,3-5H2,1-2H3,(H,10,12)(H,13,14)/t7-/m0/s1. The van der Waals surface area contributed by atoms with Crippen LogP contribution in [0.1, 0.15) is 19.8 Å². The maximum Gasteiger partial charge on any atom is 0.326 e. The molecule has 0 fully saturated rings. The van der Waals surface area contributed by atoms with E-state index in [4.69, 9.17) is 5.11 Å². The highest BCUT2D eigenvalue weighted by atomic mass is 16.5. The molecule has 0 aliphatic heterocycles. The number of nitrogens with one attached hydrogen (secondary N) is 1. The second-order valence-corrected chi connectivity index (χ2v) is 3.13. The first-order chi connectivity index (χ1) is 6.97. The number of ketones is 1. The third-order valence-corrected chi connectivity index (χ3v) is 1.69. The van der Waals surface area contributed by atoms with Crippen molar-refractivity contribution in [1.29, 1.82) is 0 Å². The van der Waals surface area contributed by atoms with Gasteiger partial charge in [-0.05, 0) is 13.3 Å². The first kappa shape index (κ1) is 13.6. The summed E-state index contributed by atoms with van der Waals surface area (Å²) in [6, 6.07) is -1.03. The molecular weight excluding hydrogens is 202 g/mol. The SMILES string of the molecule is COCC(=O)N[C@@H](CCC(C)=O)C(=O)O. The van der Waals surface area contributed by atoms with E-state index in [2.05, 4.69) is 10.1 Å². The van der Waals surface area contributed by atoms with Crippen LogP contribution >= 0.6 is 0 Å². The lowest BCUT2D eigenvalue weighted by Crippen LogP contribution is -2.42. The summed E-state index contributed by atoms with van der Waals surface area (Å²) in [6.07, 6.45) is 0.227. The molecular formula is C9H15NO5. The maximum absolute atomic E-state index is 11.0. The second-order valence-electron chi connectivity index (χ2n) is 3.13. The number of amides is 1. The van der Waals surface area contributed by atoms with Crippen molar-refractivity contribution in [1.82, 2.24) is 5.32 Å². The highest BCUT2D eigenvalue weighted by Gasteiger charge is 2.19. The lowest BCUT2D eigenvalue weighted by Gasteiger charge is -2.13. The minimum Gasteiger partial charge on any atom is -0.480 e. The molecule has 0 rings (SSSR count). The number of aliphatic carboxylic acids is 1. The molecule has 0 radical (unpaired) electrons. The largest absolute Gasteiger partial charge is 0.480 e. The van der Waals surface area contributed by atoms with Gasteiger partial charge in [-0.1, -0.05) is 0 Å². The number of ether oxygens (including phenoxy) is 1. The molecule has 0 aliphatic carbocycles. The molecule has 0 saturated carbocycles. The van der Waals surface area contributed by atoms with Gasteiger partial charge in [-0.15, -0.1) is 0 Å². The van der Waals surface area contributed by atoms with Gasteiger partial charge in [0.1, 0.15) is 18.4 Å². The van der Waals surface area contributed by atoms with E-state index >= 15 is 0 Å². The van der Waals surface area contributed by atoms with E-state index < -0.39 is 17.9 Å². The molecule has 1 atom stereocenters. The van der Waals surface area contributed by atoms with E-state index in [9.17, 15) is 14.4 Å². The van der Waals surface area contributed by atoms with Crippen LogP contribution in [0.15, 0.2) is 0 Å². The van der Waals surface area contributed by atoms with Gasteiger partial charge in [0.05, 0.1) is 0 Å². The van der Waals surface area contributed by atoms with Crippen LogP contribution in [0.5, 0.6) is 0 Å². The fraction of sp³-hybridized carbons (Fsp3) is 0.667. The van der Waals surface area contributed by atoms with E-state index in [1.165, 1.54) is 14.0 Å². The van der Waals surface area contributed by atoms with Gasteiger partial charge >= 0.3 is 5.97 Å².